The Morgan fingerprint density at radius 1 is 1.30 bits per heavy atom. The van der Waals surface area contributed by atoms with E-state index in [1.165, 1.54) is 0 Å². The zero-order chi connectivity index (χ0) is 14.6. The minimum absolute atomic E-state index is 0.0479. The lowest BCUT2D eigenvalue weighted by Gasteiger charge is -2.22. The standard InChI is InChI=1S/C14H22N2O3S/c1-2-19-9-10-20(17,18)16(14-7-8-14)11-12-3-5-13(15)6-4-12/h3-6,14H,2,7-11,15H2,1H3. The van der Waals surface area contributed by atoms with Crippen molar-refractivity contribution in [3.05, 3.63) is 29.8 Å². The third kappa shape index (κ3) is 4.19. The van der Waals surface area contributed by atoms with Crippen LogP contribution in [-0.2, 0) is 21.3 Å². The summed E-state index contributed by atoms with van der Waals surface area (Å²) in [4.78, 5) is 0. The van der Waals surface area contributed by atoms with Crippen LogP contribution in [0.3, 0.4) is 0 Å². The Balaban J connectivity index is 2.05. The first-order chi connectivity index (χ1) is 9.53. The van der Waals surface area contributed by atoms with Gasteiger partial charge in [-0.2, -0.15) is 4.31 Å². The van der Waals surface area contributed by atoms with E-state index in [0.29, 0.717) is 18.8 Å². The Kier molecular flexibility index (Phi) is 5.01. The van der Waals surface area contributed by atoms with Crippen LogP contribution in [0.2, 0.25) is 0 Å². The van der Waals surface area contributed by atoms with Gasteiger partial charge in [0, 0.05) is 24.9 Å². The average molecular weight is 298 g/mol. The van der Waals surface area contributed by atoms with Gasteiger partial charge in [0.15, 0.2) is 0 Å². The van der Waals surface area contributed by atoms with Crippen LogP contribution in [0, 0.1) is 0 Å². The molecule has 2 rings (SSSR count). The Morgan fingerprint density at radius 3 is 2.50 bits per heavy atom. The van der Waals surface area contributed by atoms with Gasteiger partial charge in [-0.05, 0) is 37.5 Å². The molecular formula is C14H22N2O3S. The van der Waals surface area contributed by atoms with Gasteiger partial charge in [0.1, 0.15) is 0 Å². The second-order valence-corrected chi connectivity index (χ2v) is 7.07. The number of nitrogen functional groups attached to an aromatic ring is 1. The van der Waals surface area contributed by atoms with Crippen molar-refractivity contribution >= 4 is 15.7 Å². The molecule has 0 saturated heterocycles. The molecule has 1 aromatic carbocycles. The maximum absolute atomic E-state index is 12.4. The molecule has 0 aromatic heterocycles. The molecule has 112 valence electrons. The van der Waals surface area contributed by atoms with E-state index in [1.54, 1.807) is 16.4 Å². The van der Waals surface area contributed by atoms with Crippen molar-refractivity contribution in [3.8, 4) is 0 Å². The van der Waals surface area contributed by atoms with Crippen LogP contribution in [0.15, 0.2) is 24.3 Å². The van der Waals surface area contributed by atoms with E-state index in [9.17, 15) is 8.42 Å². The molecule has 20 heavy (non-hydrogen) atoms. The summed E-state index contributed by atoms with van der Waals surface area (Å²) in [5.74, 6) is 0.0479. The monoisotopic (exact) mass is 298 g/mol. The topological polar surface area (TPSA) is 72.6 Å². The third-order valence-electron chi connectivity index (χ3n) is 3.32. The summed E-state index contributed by atoms with van der Waals surface area (Å²) in [7, 11) is -3.26. The van der Waals surface area contributed by atoms with E-state index in [4.69, 9.17) is 10.5 Å². The Hall–Kier alpha value is -1.11. The predicted molar refractivity (Wildman–Crippen MR) is 79.7 cm³/mol. The summed E-state index contributed by atoms with van der Waals surface area (Å²) in [6, 6.07) is 7.51. The summed E-state index contributed by atoms with van der Waals surface area (Å²) in [5, 5.41) is 0. The van der Waals surface area contributed by atoms with Crippen LogP contribution >= 0.6 is 0 Å². The fraction of sp³-hybridized carbons (Fsp3) is 0.571. The van der Waals surface area contributed by atoms with Crippen LogP contribution in [0.1, 0.15) is 25.3 Å². The Morgan fingerprint density at radius 2 is 1.95 bits per heavy atom. The molecule has 1 aliphatic rings. The average Bonchev–Trinajstić information content (AvgIpc) is 3.22. The molecule has 0 unspecified atom stereocenters. The van der Waals surface area contributed by atoms with E-state index < -0.39 is 10.0 Å². The number of anilines is 1. The van der Waals surface area contributed by atoms with Crippen molar-refractivity contribution in [2.45, 2.75) is 32.4 Å². The highest BCUT2D eigenvalue weighted by atomic mass is 32.2. The molecule has 0 heterocycles. The van der Waals surface area contributed by atoms with Gasteiger partial charge in [-0.15, -0.1) is 0 Å². The third-order valence-corrected chi connectivity index (χ3v) is 5.14. The van der Waals surface area contributed by atoms with Crippen molar-refractivity contribution in [1.29, 1.82) is 0 Å². The van der Waals surface area contributed by atoms with Crippen molar-refractivity contribution < 1.29 is 13.2 Å². The molecule has 0 bridgehead atoms. The molecule has 1 aliphatic carbocycles. The number of ether oxygens (including phenoxy) is 1. The summed E-state index contributed by atoms with van der Waals surface area (Å²) in [6.07, 6.45) is 1.89. The van der Waals surface area contributed by atoms with E-state index in [2.05, 4.69) is 0 Å². The molecule has 0 atom stereocenters. The molecule has 0 amide bonds. The predicted octanol–water partition coefficient (Wildman–Crippen LogP) is 1.60. The first-order valence-corrected chi connectivity index (χ1v) is 8.55. The quantitative estimate of drug-likeness (QED) is 0.584. The highest BCUT2D eigenvalue weighted by Crippen LogP contribution is 2.31. The molecule has 0 spiro atoms. The molecule has 5 nitrogen and oxygen atoms in total. The van der Waals surface area contributed by atoms with Crippen LogP contribution in [0.25, 0.3) is 0 Å². The lowest BCUT2D eigenvalue weighted by atomic mass is 10.2. The van der Waals surface area contributed by atoms with Gasteiger partial charge in [-0.25, -0.2) is 8.42 Å². The van der Waals surface area contributed by atoms with Gasteiger partial charge < -0.3 is 10.5 Å². The maximum atomic E-state index is 12.4. The largest absolute Gasteiger partial charge is 0.399 e. The smallest absolute Gasteiger partial charge is 0.216 e. The van der Waals surface area contributed by atoms with Gasteiger partial charge in [0.25, 0.3) is 0 Å². The van der Waals surface area contributed by atoms with Crippen LogP contribution < -0.4 is 5.73 Å². The first-order valence-electron chi connectivity index (χ1n) is 6.94. The number of benzene rings is 1. The second-order valence-electron chi connectivity index (χ2n) is 5.03. The number of sulfonamides is 1. The van der Waals surface area contributed by atoms with E-state index >= 15 is 0 Å². The lowest BCUT2D eigenvalue weighted by Crippen LogP contribution is -2.35. The SMILES string of the molecule is CCOCCS(=O)(=O)N(Cc1ccc(N)cc1)C1CC1. The normalized spacial score (nSPS) is 15.7. The molecule has 1 saturated carbocycles. The molecule has 1 aromatic rings. The summed E-state index contributed by atoms with van der Waals surface area (Å²) in [5.41, 5.74) is 7.30. The lowest BCUT2D eigenvalue weighted by molar-refractivity contribution is 0.162. The minimum atomic E-state index is -3.26. The molecular weight excluding hydrogens is 276 g/mol. The summed E-state index contributed by atoms with van der Waals surface area (Å²) in [6.45, 7) is 3.07. The highest BCUT2D eigenvalue weighted by molar-refractivity contribution is 7.89. The highest BCUT2D eigenvalue weighted by Gasteiger charge is 2.36. The second kappa shape index (κ2) is 6.56. The van der Waals surface area contributed by atoms with Gasteiger partial charge in [-0.1, -0.05) is 12.1 Å². The summed E-state index contributed by atoms with van der Waals surface area (Å²) >= 11 is 0. The number of rotatable bonds is 8. The zero-order valence-electron chi connectivity index (χ0n) is 11.8. The Bertz CT molecular complexity index is 524. The van der Waals surface area contributed by atoms with E-state index in [0.717, 1.165) is 18.4 Å². The van der Waals surface area contributed by atoms with Crippen molar-refractivity contribution in [2.24, 2.45) is 0 Å². The van der Waals surface area contributed by atoms with Gasteiger partial charge >= 0.3 is 0 Å². The van der Waals surface area contributed by atoms with Gasteiger partial charge in [0.05, 0.1) is 12.4 Å². The summed E-state index contributed by atoms with van der Waals surface area (Å²) < 4.78 is 31.5. The molecule has 2 N–H and O–H groups in total. The van der Waals surface area contributed by atoms with E-state index in [-0.39, 0.29) is 18.4 Å². The van der Waals surface area contributed by atoms with Crippen molar-refractivity contribution in [3.63, 3.8) is 0 Å². The van der Waals surface area contributed by atoms with E-state index in [1.807, 2.05) is 19.1 Å². The van der Waals surface area contributed by atoms with Crippen LogP contribution in [-0.4, -0.2) is 37.7 Å². The number of hydrogen-bond donors (Lipinski definition) is 1. The maximum Gasteiger partial charge on any atom is 0.216 e. The zero-order valence-corrected chi connectivity index (χ0v) is 12.6. The Labute approximate surface area is 120 Å². The first kappa shape index (κ1) is 15.3. The molecule has 1 fully saturated rings. The molecule has 6 heteroatoms. The van der Waals surface area contributed by atoms with Crippen molar-refractivity contribution in [1.82, 2.24) is 4.31 Å². The van der Waals surface area contributed by atoms with Crippen LogP contribution in [0.4, 0.5) is 5.69 Å². The number of hydrogen-bond acceptors (Lipinski definition) is 4. The minimum Gasteiger partial charge on any atom is -0.399 e. The van der Waals surface area contributed by atoms with Gasteiger partial charge in [-0.3, -0.25) is 0 Å². The molecule has 0 radical (unpaired) electrons. The number of nitrogens with zero attached hydrogens (tertiary/aromatic N) is 1. The van der Waals surface area contributed by atoms with Crippen molar-refractivity contribution in [2.75, 3.05) is 24.7 Å². The molecule has 0 aliphatic heterocycles. The fourth-order valence-electron chi connectivity index (χ4n) is 2.05. The number of nitrogens with two attached hydrogens (primary N) is 1. The fourth-order valence-corrected chi connectivity index (χ4v) is 3.62. The van der Waals surface area contributed by atoms with Gasteiger partial charge in [0.2, 0.25) is 10.0 Å². The van der Waals surface area contributed by atoms with Crippen LogP contribution in [0.5, 0.6) is 0 Å².